The highest BCUT2D eigenvalue weighted by Gasteiger charge is 1.98. The van der Waals surface area contributed by atoms with E-state index < -0.39 is 0 Å². The molecule has 0 aliphatic rings. The molecule has 0 saturated heterocycles. The molecular formula is C13H16N2S. The van der Waals surface area contributed by atoms with Gasteiger partial charge >= 0.3 is 0 Å². The quantitative estimate of drug-likeness (QED) is 0.802. The van der Waals surface area contributed by atoms with E-state index in [0.717, 1.165) is 19.5 Å². The molecule has 2 rings (SSSR count). The van der Waals surface area contributed by atoms with Crippen LogP contribution in [0.4, 0.5) is 0 Å². The number of rotatable bonds is 5. The lowest BCUT2D eigenvalue weighted by atomic mass is 10.2. The lowest BCUT2D eigenvalue weighted by Gasteiger charge is -2.04. The molecule has 2 nitrogen and oxygen atoms in total. The molecule has 0 aromatic carbocycles. The molecule has 2 aromatic rings. The molecule has 0 atom stereocenters. The van der Waals surface area contributed by atoms with Gasteiger partial charge in [0, 0.05) is 18.9 Å². The first kappa shape index (κ1) is 11.3. The molecule has 2 aromatic heterocycles. The SMILES string of the molecule is Cc1cscc1CNCCc1cccnc1. The summed E-state index contributed by atoms with van der Waals surface area (Å²) in [6, 6.07) is 4.10. The van der Waals surface area contributed by atoms with Gasteiger partial charge in [-0.2, -0.15) is 11.3 Å². The summed E-state index contributed by atoms with van der Waals surface area (Å²) < 4.78 is 0. The highest BCUT2D eigenvalue weighted by Crippen LogP contribution is 2.12. The fourth-order valence-corrected chi connectivity index (χ4v) is 2.43. The third-order valence-corrected chi connectivity index (χ3v) is 3.50. The van der Waals surface area contributed by atoms with Crippen molar-refractivity contribution in [1.82, 2.24) is 10.3 Å². The van der Waals surface area contributed by atoms with Gasteiger partial charge in [0.1, 0.15) is 0 Å². The first-order valence-corrected chi connectivity index (χ1v) is 6.42. The molecule has 0 spiro atoms. The van der Waals surface area contributed by atoms with E-state index >= 15 is 0 Å². The Hall–Kier alpha value is -1.19. The Morgan fingerprint density at radius 1 is 1.38 bits per heavy atom. The number of hydrogen-bond donors (Lipinski definition) is 1. The first-order chi connectivity index (χ1) is 7.86. The van der Waals surface area contributed by atoms with E-state index in [1.807, 2.05) is 18.5 Å². The number of aryl methyl sites for hydroxylation is 1. The standard InChI is InChI=1S/C13H16N2S/c1-11-9-16-10-13(11)8-15-6-4-12-3-2-5-14-7-12/h2-3,5,7,9-10,15H,4,6,8H2,1H3. The van der Waals surface area contributed by atoms with E-state index in [-0.39, 0.29) is 0 Å². The third kappa shape index (κ3) is 3.15. The predicted molar refractivity (Wildman–Crippen MR) is 68.7 cm³/mol. The van der Waals surface area contributed by atoms with Crippen molar-refractivity contribution in [2.45, 2.75) is 19.9 Å². The van der Waals surface area contributed by atoms with Crippen LogP contribution in [0.25, 0.3) is 0 Å². The molecular weight excluding hydrogens is 216 g/mol. The monoisotopic (exact) mass is 232 g/mol. The number of hydrogen-bond acceptors (Lipinski definition) is 3. The average Bonchev–Trinajstić information content (AvgIpc) is 2.72. The Morgan fingerprint density at radius 2 is 2.31 bits per heavy atom. The van der Waals surface area contributed by atoms with Crippen LogP contribution in [0.15, 0.2) is 35.3 Å². The van der Waals surface area contributed by atoms with Crippen LogP contribution in [0.1, 0.15) is 16.7 Å². The van der Waals surface area contributed by atoms with Crippen molar-refractivity contribution in [3.8, 4) is 0 Å². The highest BCUT2D eigenvalue weighted by molar-refractivity contribution is 7.08. The minimum Gasteiger partial charge on any atom is -0.312 e. The van der Waals surface area contributed by atoms with Gasteiger partial charge in [0.2, 0.25) is 0 Å². The van der Waals surface area contributed by atoms with Crippen molar-refractivity contribution in [3.63, 3.8) is 0 Å². The van der Waals surface area contributed by atoms with Gasteiger partial charge in [-0.3, -0.25) is 4.98 Å². The molecule has 84 valence electrons. The summed E-state index contributed by atoms with van der Waals surface area (Å²) in [6.07, 6.45) is 4.78. The highest BCUT2D eigenvalue weighted by atomic mass is 32.1. The number of nitrogens with zero attached hydrogens (tertiary/aromatic N) is 1. The first-order valence-electron chi connectivity index (χ1n) is 5.47. The zero-order valence-corrected chi connectivity index (χ0v) is 10.3. The summed E-state index contributed by atoms with van der Waals surface area (Å²) in [5.74, 6) is 0. The van der Waals surface area contributed by atoms with Crippen molar-refractivity contribution in [1.29, 1.82) is 0 Å². The topological polar surface area (TPSA) is 24.9 Å². The average molecular weight is 232 g/mol. The van der Waals surface area contributed by atoms with Crippen molar-refractivity contribution < 1.29 is 0 Å². The van der Waals surface area contributed by atoms with E-state index in [4.69, 9.17) is 0 Å². The summed E-state index contributed by atoms with van der Waals surface area (Å²) in [5.41, 5.74) is 4.09. The van der Waals surface area contributed by atoms with Gasteiger partial charge in [0.15, 0.2) is 0 Å². The Labute approximate surface area is 100 Å². The number of pyridine rings is 1. The molecule has 0 bridgehead atoms. The van der Waals surface area contributed by atoms with E-state index in [2.05, 4.69) is 34.1 Å². The Kier molecular flexibility index (Phi) is 4.08. The number of thiophene rings is 1. The summed E-state index contributed by atoms with van der Waals surface area (Å²) in [7, 11) is 0. The Bertz CT molecular complexity index is 423. The van der Waals surface area contributed by atoms with Crippen LogP contribution in [-0.2, 0) is 13.0 Å². The largest absolute Gasteiger partial charge is 0.312 e. The molecule has 0 amide bonds. The summed E-state index contributed by atoms with van der Waals surface area (Å²) in [4.78, 5) is 4.10. The van der Waals surface area contributed by atoms with Crippen molar-refractivity contribution in [2.24, 2.45) is 0 Å². The molecule has 1 N–H and O–H groups in total. The van der Waals surface area contributed by atoms with Gasteiger partial charge < -0.3 is 5.32 Å². The lowest BCUT2D eigenvalue weighted by Crippen LogP contribution is -2.16. The molecule has 16 heavy (non-hydrogen) atoms. The van der Waals surface area contributed by atoms with E-state index in [1.54, 1.807) is 11.3 Å². The smallest absolute Gasteiger partial charge is 0.0300 e. The third-order valence-electron chi connectivity index (χ3n) is 2.59. The van der Waals surface area contributed by atoms with Crippen LogP contribution >= 0.6 is 11.3 Å². The van der Waals surface area contributed by atoms with E-state index in [1.165, 1.54) is 16.7 Å². The predicted octanol–water partition coefficient (Wildman–Crippen LogP) is 2.78. The second-order valence-corrected chi connectivity index (χ2v) is 4.61. The molecule has 2 heterocycles. The molecule has 0 fully saturated rings. The Morgan fingerprint density at radius 3 is 3.00 bits per heavy atom. The van der Waals surface area contributed by atoms with Crippen LogP contribution in [0.5, 0.6) is 0 Å². The molecule has 0 aliphatic heterocycles. The lowest BCUT2D eigenvalue weighted by molar-refractivity contribution is 0.685. The molecule has 3 heteroatoms. The van der Waals surface area contributed by atoms with Crippen molar-refractivity contribution in [2.75, 3.05) is 6.54 Å². The summed E-state index contributed by atoms with van der Waals surface area (Å²) in [5, 5.41) is 7.86. The van der Waals surface area contributed by atoms with Crippen LogP contribution in [-0.4, -0.2) is 11.5 Å². The van der Waals surface area contributed by atoms with E-state index in [0.29, 0.717) is 0 Å². The Balaban J connectivity index is 1.72. The van der Waals surface area contributed by atoms with Gasteiger partial charge in [-0.15, -0.1) is 0 Å². The van der Waals surface area contributed by atoms with Gasteiger partial charge in [0.05, 0.1) is 0 Å². The molecule has 0 saturated carbocycles. The molecule has 0 aliphatic carbocycles. The van der Waals surface area contributed by atoms with Gasteiger partial charge in [-0.25, -0.2) is 0 Å². The zero-order chi connectivity index (χ0) is 11.2. The molecule has 0 radical (unpaired) electrons. The van der Waals surface area contributed by atoms with Crippen LogP contribution < -0.4 is 5.32 Å². The maximum absolute atomic E-state index is 4.10. The van der Waals surface area contributed by atoms with Crippen LogP contribution in [0.3, 0.4) is 0 Å². The van der Waals surface area contributed by atoms with Gasteiger partial charge in [-0.05, 0) is 53.4 Å². The van der Waals surface area contributed by atoms with Gasteiger partial charge in [0.25, 0.3) is 0 Å². The van der Waals surface area contributed by atoms with Crippen molar-refractivity contribution in [3.05, 3.63) is 52.0 Å². The zero-order valence-electron chi connectivity index (χ0n) is 9.44. The second-order valence-electron chi connectivity index (χ2n) is 3.87. The van der Waals surface area contributed by atoms with Gasteiger partial charge in [-0.1, -0.05) is 6.07 Å². The van der Waals surface area contributed by atoms with Crippen LogP contribution in [0, 0.1) is 6.92 Å². The fraction of sp³-hybridized carbons (Fsp3) is 0.308. The normalized spacial score (nSPS) is 10.6. The minimum atomic E-state index is 0.968. The summed E-state index contributed by atoms with van der Waals surface area (Å²) >= 11 is 1.77. The maximum Gasteiger partial charge on any atom is 0.0300 e. The van der Waals surface area contributed by atoms with Crippen LogP contribution in [0.2, 0.25) is 0 Å². The number of aromatic nitrogens is 1. The fourth-order valence-electron chi connectivity index (χ4n) is 1.57. The van der Waals surface area contributed by atoms with Crippen molar-refractivity contribution >= 4 is 11.3 Å². The number of nitrogens with one attached hydrogen (secondary N) is 1. The summed E-state index contributed by atoms with van der Waals surface area (Å²) in [6.45, 7) is 4.13. The maximum atomic E-state index is 4.10. The second kappa shape index (κ2) is 5.77. The molecule has 0 unspecified atom stereocenters. The minimum absolute atomic E-state index is 0.968. The van der Waals surface area contributed by atoms with E-state index in [9.17, 15) is 0 Å².